The minimum atomic E-state index is -0.0845. The van der Waals surface area contributed by atoms with Gasteiger partial charge >= 0.3 is 0 Å². The molecular weight excluding hydrogens is 245 g/mol. The molecule has 1 unspecified atom stereocenters. The van der Waals surface area contributed by atoms with Crippen LogP contribution in [0.4, 0.5) is 4.39 Å². The van der Waals surface area contributed by atoms with Crippen molar-refractivity contribution in [2.24, 2.45) is 0 Å². The highest BCUT2D eigenvalue weighted by molar-refractivity contribution is 7.99. The molecule has 0 aromatic heterocycles. The number of rotatable bonds is 8. The van der Waals surface area contributed by atoms with E-state index in [0.29, 0.717) is 0 Å². The molecule has 0 saturated carbocycles. The number of thioether (sulfide) groups is 1. The molecule has 1 N–H and O–H groups in total. The number of halogens is 1. The van der Waals surface area contributed by atoms with Gasteiger partial charge in [-0.2, -0.15) is 0 Å². The van der Waals surface area contributed by atoms with Gasteiger partial charge in [0.15, 0.2) is 0 Å². The van der Waals surface area contributed by atoms with Crippen LogP contribution in [0.2, 0.25) is 0 Å². The smallest absolute Gasteiger partial charge is 0.137 e. The molecule has 18 heavy (non-hydrogen) atoms. The molecule has 0 heterocycles. The molecule has 0 aliphatic heterocycles. The van der Waals surface area contributed by atoms with Crippen molar-refractivity contribution in [2.75, 3.05) is 12.3 Å². The van der Waals surface area contributed by atoms with Crippen LogP contribution < -0.4 is 5.32 Å². The van der Waals surface area contributed by atoms with Crippen LogP contribution in [-0.4, -0.2) is 12.3 Å². The van der Waals surface area contributed by atoms with Gasteiger partial charge in [-0.15, -0.1) is 11.8 Å². The standard InChI is InChI=1S/C15H24FNS/c1-4-6-7-10-18-15-9-8-13(11-14(15)16)12(3)17-5-2/h8-9,11-12,17H,4-7,10H2,1-3H3. The Morgan fingerprint density at radius 3 is 2.67 bits per heavy atom. The highest BCUT2D eigenvalue weighted by Gasteiger charge is 2.08. The molecule has 1 aromatic rings. The van der Waals surface area contributed by atoms with E-state index in [1.807, 2.05) is 12.1 Å². The maximum Gasteiger partial charge on any atom is 0.137 e. The molecule has 0 bridgehead atoms. The summed E-state index contributed by atoms with van der Waals surface area (Å²) in [6.07, 6.45) is 3.60. The lowest BCUT2D eigenvalue weighted by Gasteiger charge is -2.13. The van der Waals surface area contributed by atoms with Crippen LogP contribution in [0.25, 0.3) is 0 Å². The maximum atomic E-state index is 13.9. The van der Waals surface area contributed by atoms with Gasteiger partial charge in [0.2, 0.25) is 0 Å². The second-order valence-corrected chi connectivity index (χ2v) is 5.66. The number of hydrogen-bond acceptors (Lipinski definition) is 2. The van der Waals surface area contributed by atoms with Crippen molar-refractivity contribution >= 4 is 11.8 Å². The summed E-state index contributed by atoms with van der Waals surface area (Å²) in [7, 11) is 0. The van der Waals surface area contributed by atoms with E-state index in [2.05, 4.69) is 26.1 Å². The van der Waals surface area contributed by atoms with E-state index in [1.165, 1.54) is 12.8 Å². The van der Waals surface area contributed by atoms with E-state index in [0.717, 1.165) is 29.2 Å². The molecule has 0 radical (unpaired) electrons. The third kappa shape index (κ3) is 4.99. The van der Waals surface area contributed by atoms with Gasteiger partial charge in [0.1, 0.15) is 5.82 Å². The van der Waals surface area contributed by atoms with Crippen LogP contribution in [0.5, 0.6) is 0 Å². The second-order valence-electron chi connectivity index (χ2n) is 4.52. The second kappa shape index (κ2) is 8.54. The highest BCUT2D eigenvalue weighted by Crippen LogP contribution is 2.25. The summed E-state index contributed by atoms with van der Waals surface area (Å²) in [5.41, 5.74) is 1.02. The van der Waals surface area contributed by atoms with Crippen LogP contribution >= 0.6 is 11.8 Å². The largest absolute Gasteiger partial charge is 0.310 e. The van der Waals surface area contributed by atoms with Crippen molar-refractivity contribution < 1.29 is 4.39 Å². The molecule has 0 saturated heterocycles. The zero-order valence-electron chi connectivity index (χ0n) is 11.6. The molecular formula is C15H24FNS. The van der Waals surface area contributed by atoms with E-state index >= 15 is 0 Å². The fourth-order valence-electron chi connectivity index (χ4n) is 1.86. The molecule has 1 atom stereocenters. The van der Waals surface area contributed by atoms with E-state index in [1.54, 1.807) is 17.8 Å². The van der Waals surface area contributed by atoms with Crippen molar-refractivity contribution in [3.05, 3.63) is 29.6 Å². The monoisotopic (exact) mass is 269 g/mol. The number of benzene rings is 1. The Morgan fingerprint density at radius 2 is 2.06 bits per heavy atom. The van der Waals surface area contributed by atoms with Crippen molar-refractivity contribution in [1.29, 1.82) is 0 Å². The normalized spacial score (nSPS) is 12.7. The minimum Gasteiger partial charge on any atom is -0.310 e. The quantitative estimate of drug-likeness (QED) is 0.538. The topological polar surface area (TPSA) is 12.0 Å². The predicted molar refractivity (Wildman–Crippen MR) is 78.7 cm³/mol. The lowest BCUT2D eigenvalue weighted by atomic mass is 10.1. The van der Waals surface area contributed by atoms with Crippen LogP contribution in [-0.2, 0) is 0 Å². The summed E-state index contributed by atoms with van der Waals surface area (Å²) in [6, 6.07) is 5.81. The van der Waals surface area contributed by atoms with Gasteiger partial charge < -0.3 is 5.32 Å². The van der Waals surface area contributed by atoms with Gasteiger partial charge in [-0.3, -0.25) is 0 Å². The van der Waals surface area contributed by atoms with Crippen molar-refractivity contribution in [1.82, 2.24) is 5.32 Å². The Hall–Kier alpha value is -0.540. The Kier molecular flexibility index (Phi) is 7.36. The Morgan fingerprint density at radius 1 is 1.28 bits per heavy atom. The summed E-state index contributed by atoms with van der Waals surface area (Å²) in [4.78, 5) is 0.776. The van der Waals surface area contributed by atoms with E-state index in [9.17, 15) is 4.39 Å². The molecule has 0 spiro atoms. The van der Waals surface area contributed by atoms with Crippen molar-refractivity contribution in [3.63, 3.8) is 0 Å². The molecule has 0 fully saturated rings. The molecule has 0 amide bonds. The number of hydrogen-bond donors (Lipinski definition) is 1. The van der Waals surface area contributed by atoms with Crippen molar-refractivity contribution in [3.8, 4) is 0 Å². The average Bonchev–Trinajstić information content (AvgIpc) is 2.36. The minimum absolute atomic E-state index is 0.0845. The van der Waals surface area contributed by atoms with Gasteiger partial charge in [-0.1, -0.05) is 32.8 Å². The molecule has 1 rings (SSSR count). The van der Waals surface area contributed by atoms with Crippen LogP contribution in [0.1, 0.15) is 51.6 Å². The first-order chi connectivity index (χ1) is 8.69. The zero-order chi connectivity index (χ0) is 13.4. The van der Waals surface area contributed by atoms with E-state index < -0.39 is 0 Å². The van der Waals surface area contributed by atoms with Gasteiger partial charge in [0.25, 0.3) is 0 Å². The van der Waals surface area contributed by atoms with Gasteiger partial charge in [0.05, 0.1) is 0 Å². The Bertz CT molecular complexity index is 354. The SMILES string of the molecule is CCCCCSc1ccc(C(C)NCC)cc1F. The van der Waals surface area contributed by atoms with Crippen molar-refractivity contribution in [2.45, 2.75) is 51.0 Å². The summed E-state index contributed by atoms with van der Waals surface area (Å²) >= 11 is 1.63. The summed E-state index contributed by atoms with van der Waals surface area (Å²) in [5, 5.41) is 3.29. The lowest BCUT2D eigenvalue weighted by molar-refractivity contribution is 0.572. The van der Waals surface area contributed by atoms with E-state index in [-0.39, 0.29) is 11.9 Å². The molecule has 3 heteroatoms. The van der Waals surface area contributed by atoms with Crippen LogP contribution in [0.15, 0.2) is 23.1 Å². The summed E-state index contributed by atoms with van der Waals surface area (Å²) in [5.74, 6) is 0.922. The summed E-state index contributed by atoms with van der Waals surface area (Å²) in [6.45, 7) is 7.20. The molecule has 1 nitrogen and oxygen atoms in total. The third-order valence-electron chi connectivity index (χ3n) is 2.97. The van der Waals surface area contributed by atoms with Gasteiger partial charge in [-0.25, -0.2) is 4.39 Å². The summed E-state index contributed by atoms with van der Waals surface area (Å²) < 4.78 is 13.9. The average molecular weight is 269 g/mol. The molecule has 0 aliphatic rings. The number of unbranched alkanes of at least 4 members (excludes halogenated alkanes) is 2. The fourth-order valence-corrected chi connectivity index (χ4v) is 2.79. The first-order valence-electron chi connectivity index (χ1n) is 6.84. The molecule has 0 aliphatic carbocycles. The fraction of sp³-hybridized carbons (Fsp3) is 0.600. The first-order valence-corrected chi connectivity index (χ1v) is 7.83. The molecule has 1 aromatic carbocycles. The van der Waals surface area contributed by atoms with Gasteiger partial charge in [-0.05, 0) is 43.3 Å². The molecule has 102 valence electrons. The zero-order valence-corrected chi connectivity index (χ0v) is 12.4. The third-order valence-corrected chi connectivity index (χ3v) is 4.11. The Labute approximate surface area is 115 Å². The highest BCUT2D eigenvalue weighted by atomic mass is 32.2. The van der Waals surface area contributed by atoms with Crippen LogP contribution in [0.3, 0.4) is 0 Å². The maximum absolute atomic E-state index is 13.9. The van der Waals surface area contributed by atoms with E-state index in [4.69, 9.17) is 0 Å². The first kappa shape index (κ1) is 15.5. The predicted octanol–water partition coefficient (Wildman–Crippen LogP) is 4.78. The van der Waals surface area contributed by atoms with Gasteiger partial charge in [0, 0.05) is 10.9 Å². The number of nitrogens with one attached hydrogen (secondary N) is 1. The Balaban J connectivity index is 2.56. The van der Waals surface area contributed by atoms with Crippen LogP contribution in [0, 0.1) is 5.82 Å². The lowest BCUT2D eigenvalue weighted by Crippen LogP contribution is -2.17.